The molecule has 0 bridgehead atoms. The van der Waals surface area contributed by atoms with Crippen LogP contribution in [0.4, 0.5) is 0 Å². The average Bonchev–Trinajstić information content (AvgIpc) is 2.34. The number of rotatable bonds is 7. The summed E-state index contributed by atoms with van der Waals surface area (Å²) in [5, 5.41) is 3.72. The lowest BCUT2D eigenvalue weighted by Gasteiger charge is -2.35. The first-order valence-electron chi connectivity index (χ1n) is 7.30. The first-order chi connectivity index (χ1) is 9.24. The van der Waals surface area contributed by atoms with Gasteiger partial charge >= 0.3 is 0 Å². The smallest absolute Gasteiger partial charge is 0.122 e. The summed E-state index contributed by atoms with van der Waals surface area (Å²) in [5.74, 6) is 1.85. The van der Waals surface area contributed by atoms with E-state index in [1.54, 1.807) is 7.11 Å². The highest BCUT2D eigenvalue weighted by atomic mass is 79.9. The Morgan fingerprint density at radius 3 is 2.79 bits per heavy atom. The summed E-state index contributed by atoms with van der Waals surface area (Å²) in [6.45, 7) is 3.34. The van der Waals surface area contributed by atoms with Crippen molar-refractivity contribution in [3.63, 3.8) is 0 Å². The first kappa shape index (κ1) is 14.9. The van der Waals surface area contributed by atoms with Crippen LogP contribution >= 0.6 is 15.9 Å². The van der Waals surface area contributed by atoms with Crippen LogP contribution in [0, 0.1) is 5.92 Å². The predicted octanol–water partition coefficient (Wildman–Crippen LogP) is 4.17. The zero-order chi connectivity index (χ0) is 13.7. The van der Waals surface area contributed by atoms with Gasteiger partial charge in [0.2, 0.25) is 0 Å². The van der Waals surface area contributed by atoms with Gasteiger partial charge < -0.3 is 10.1 Å². The van der Waals surface area contributed by atoms with Crippen molar-refractivity contribution < 1.29 is 4.74 Å². The van der Waals surface area contributed by atoms with Gasteiger partial charge in [-0.15, -0.1) is 0 Å². The monoisotopic (exact) mass is 325 g/mol. The van der Waals surface area contributed by atoms with Crippen molar-refractivity contribution in [2.24, 2.45) is 5.92 Å². The number of nitrogens with one attached hydrogen (secondary N) is 1. The van der Waals surface area contributed by atoms with Crippen LogP contribution in [0.3, 0.4) is 0 Å². The van der Waals surface area contributed by atoms with Crippen LogP contribution in [-0.2, 0) is 6.42 Å². The first-order valence-corrected chi connectivity index (χ1v) is 8.09. The topological polar surface area (TPSA) is 21.3 Å². The summed E-state index contributed by atoms with van der Waals surface area (Å²) >= 11 is 3.56. The number of benzene rings is 1. The van der Waals surface area contributed by atoms with E-state index in [1.807, 2.05) is 6.07 Å². The van der Waals surface area contributed by atoms with Crippen molar-refractivity contribution >= 4 is 15.9 Å². The lowest BCUT2D eigenvalue weighted by molar-refractivity contribution is 0.226. The maximum absolute atomic E-state index is 5.49. The summed E-state index contributed by atoms with van der Waals surface area (Å²) < 4.78 is 6.62. The van der Waals surface area contributed by atoms with Crippen molar-refractivity contribution in [2.45, 2.75) is 45.1 Å². The molecule has 1 N–H and O–H groups in total. The molecular weight excluding hydrogens is 302 g/mol. The van der Waals surface area contributed by atoms with Crippen LogP contribution in [0.15, 0.2) is 22.7 Å². The highest BCUT2D eigenvalue weighted by Crippen LogP contribution is 2.33. The summed E-state index contributed by atoms with van der Waals surface area (Å²) in [5.41, 5.74) is 1.30. The van der Waals surface area contributed by atoms with Gasteiger partial charge in [-0.1, -0.05) is 29.3 Å². The van der Waals surface area contributed by atoms with Crippen molar-refractivity contribution in [3.05, 3.63) is 28.2 Å². The third-order valence-electron chi connectivity index (χ3n) is 4.06. The molecule has 0 spiro atoms. The van der Waals surface area contributed by atoms with Crippen LogP contribution in [0.5, 0.6) is 5.75 Å². The predicted molar refractivity (Wildman–Crippen MR) is 83.8 cm³/mol. The van der Waals surface area contributed by atoms with Crippen molar-refractivity contribution in [2.75, 3.05) is 13.7 Å². The number of methoxy groups -OCH3 is 1. The van der Waals surface area contributed by atoms with Gasteiger partial charge in [-0.2, -0.15) is 0 Å². The minimum absolute atomic E-state index is 0.594. The highest BCUT2D eigenvalue weighted by molar-refractivity contribution is 9.10. The molecule has 2 rings (SSSR count). The van der Waals surface area contributed by atoms with Crippen molar-refractivity contribution in [1.82, 2.24) is 5.32 Å². The zero-order valence-corrected chi connectivity index (χ0v) is 13.5. The van der Waals surface area contributed by atoms with Crippen LogP contribution in [0.25, 0.3) is 0 Å². The molecule has 1 atom stereocenters. The highest BCUT2D eigenvalue weighted by Gasteiger charge is 2.27. The fourth-order valence-electron chi connectivity index (χ4n) is 2.72. The molecule has 1 aliphatic rings. The lowest BCUT2D eigenvalue weighted by Crippen LogP contribution is -2.41. The van der Waals surface area contributed by atoms with Crippen LogP contribution in [-0.4, -0.2) is 19.7 Å². The second-order valence-electron chi connectivity index (χ2n) is 5.41. The quantitative estimate of drug-likeness (QED) is 0.812. The van der Waals surface area contributed by atoms with Crippen molar-refractivity contribution in [3.8, 4) is 5.75 Å². The summed E-state index contributed by atoms with van der Waals surface area (Å²) in [4.78, 5) is 0. The number of ether oxygens (including phenoxy) is 1. The van der Waals surface area contributed by atoms with E-state index >= 15 is 0 Å². The van der Waals surface area contributed by atoms with E-state index in [4.69, 9.17) is 4.74 Å². The molecule has 3 heteroatoms. The maximum Gasteiger partial charge on any atom is 0.122 e. The van der Waals surface area contributed by atoms with E-state index < -0.39 is 0 Å². The van der Waals surface area contributed by atoms with Gasteiger partial charge in [0.15, 0.2) is 0 Å². The molecule has 1 saturated carbocycles. The van der Waals surface area contributed by atoms with Gasteiger partial charge in [0.25, 0.3) is 0 Å². The Morgan fingerprint density at radius 1 is 1.42 bits per heavy atom. The largest absolute Gasteiger partial charge is 0.496 e. The van der Waals surface area contributed by atoms with Crippen LogP contribution in [0.2, 0.25) is 0 Å². The molecule has 1 aliphatic carbocycles. The molecule has 1 fully saturated rings. The van der Waals surface area contributed by atoms with Crippen LogP contribution in [0.1, 0.15) is 38.2 Å². The van der Waals surface area contributed by atoms with Crippen LogP contribution < -0.4 is 10.1 Å². The molecule has 1 aromatic carbocycles. The molecule has 0 amide bonds. The Kier molecular flexibility index (Phi) is 5.71. The van der Waals surface area contributed by atoms with Gasteiger partial charge in [0, 0.05) is 10.5 Å². The van der Waals surface area contributed by atoms with Gasteiger partial charge in [0.05, 0.1) is 7.11 Å². The van der Waals surface area contributed by atoms with Crippen molar-refractivity contribution in [1.29, 1.82) is 0 Å². The Bertz CT molecular complexity index is 404. The molecule has 0 aromatic heterocycles. The molecular formula is C16H24BrNO. The third kappa shape index (κ3) is 3.96. The Morgan fingerprint density at radius 2 is 2.21 bits per heavy atom. The SMILES string of the molecule is CCCNC(Cc1cc(Br)ccc1OC)C1CCC1. The standard InChI is InChI=1S/C16H24BrNO/c1-3-9-18-15(12-5-4-6-12)11-13-10-14(17)7-8-16(13)19-2/h7-8,10,12,15,18H,3-6,9,11H2,1-2H3. The molecule has 106 valence electrons. The zero-order valence-electron chi connectivity index (χ0n) is 11.9. The summed E-state index contributed by atoms with van der Waals surface area (Å²) in [6, 6.07) is 6.88. The second kappa shape index (κ2) is 7.30. The normalized spacial score (nSPS) is 17.0. The number of halogens is 1. The molecule has 1 aromatic rings. The lowest BCUT2D eigenvalue weighted by atomic mass is 9.77. The van der Waals surface area contributed by atoms with E-state index in [1.165, 1.54) is 31.2 Å². The van der Waals surface area contributed by atoms with E-state index in [0.29, 0.717) is 6.04 Å². The number of hydrogen-bond donors (Lipinski definition) is 1. The molecule has 0 radical (unpaired) electrons. The molecule has 2 nitrogen and oxygen atoms in total. The van der Waals surface area contributed by atoms with E-state index in [2.05, 4.69) is 40.3 Å². The third-order valence-corrected chi connectivity index (χ3v) is 4.55. The maximum atomic E-state index is 5.49. The molecule has 0 heterocycles. The average molecular weight is 326 g/mol. The molecule has 0 saturated heterocycles. The molecule has 0 aliphatic heterocycles. The minimum atomic E-state index is 0.594. The summed E-state index contributed by atoms with van der Waals surface area (Å²) in [7, 11) is 1.75. The fraction of sp³-hybridized carbons (Fsp3) is 0.625. The number of hydrogen-bond acceptors (Lipinski definition) is 2. The van der Waals surface area contributed by atoms with E-state index in [-0.39, 0.29) is 0 Å². The van der Waals surface area contributed by atoms with Gasteiger partial charge in [-0.3, -0.25) is 0 Å². The van der Waals surface area contributed by atoms with E-state index in [0.717, 1.165) is 29.1 Å². The molecule has 19 heavy (non-hydrogen) atoms. The Balaban J connectivity index is 2.08. The Labute approximate surface area is 125 Å². The van der Waals surface area contributed by atoms with Gasteiger partial charge in [0.1, 0.15) is 5.75 Å². The fourth-order valence-corrected chi connectivity index (χ4v) is 3.13. The van der Waals surface area contributed by atoms with Gasteiger partial charge in [-0.25, -0.2) is 0 Å². The van der Waals surface area contributed by atoms with Gasteiger partial charge in [-0.05, 0) is 61.9 Å². The molecule has 1 unspecified atom stereocenters. The second-order valence-corrected chi connectivity index (χ2v) is 6.33. The Hall–Kier alpha value is -0.540. The van der Waals surface area contributed by atoms with E-state index in [9.17, 15) is 0 Å². The minimum Gasteiger partial charge on any atom is -0.496 e. The summed E-state index contributed by atoms with van der Waals surface area (Å²) in [6.07, 6.45) is 6.39.